The van der Waals surface area contributed by atoms with E-state index in [0.29, 0.717) is 6.42 Å². The SMILES string of the molecule is COc1ccc(-c2[nH]ncc2CN2CCC(C3(CCc4ccccc4)NC(=O)NC3=O)CC2)cc1. The van der Waals surface area contributed by atoms with Crippen molar-refractivity contribution in [3.05, 3.63) is 71.9 Å². The molecule has 0 spiro atoms. The number of piperidine rings is 1. The van der Waals surface area contributed by atoms with Crippen LogP contribution in [0.25, 0.3) is 11.3 Å². The third-order valence-electron chi connectivity index (χ3n) is 7.39. The Morgan fingerprint density at radius 2 is 1.80 bits per heavy atom. The van der Waals surface area contributed by atoms with Gasteiger partial charge >= 0.3 is 6.03 Å². The molecule has 182 valence electrons. The van der Waals surface area contributed by atoms with Crippen molar-refractivity contribution in [2.45, 2.75) is 37.8 Å². The summed E-state index contributed by atoms with van der Waals surface area (Å²) >= 11 is 0. The van der Waals surface area contributed by atoms with Crippen molar-refractivity contribution in [1.82, 2.24) is 25.7 Å². The van der Waals surface area contributed by atoms with Crippen LogP contribution in [0.5, 0.6) is 5.75 Å². The molecule has 5 rings (SSSR count). The van der Waals surface area contributed by atoms with E-state index in [1.165, 1.54) is 5.56 Å². The van der Waals surface area contributed by atoms with E-state index in [1.807, 2.05) is 48.7 Å². The molecule has 3 heterocycles. The number of amides is 3. The quantitative estimate of drug-likeness (QED) is 0.435. The molecule has 8 heteroatoms. The van der Waals surface area contributed by atoms with Crippen LogP contribution in [0.3, 0.4) is 0 Å². The lowest BCUT2D eigenvalue weighted by Gasteiger charge is -2.40. The van der Waals surface area contributed by atoms with Crippen molar-refractivity contribution in [2.24, 2.45) is 5.92 Å². The predicted octanol–water partition coefficient (Wildman–Crippen LogP) is 3.51. The minimum absolute atomic E-state index is 0.0966. The number of hydrogen-bond acceptors (Lipinski definition) is 5. The Kier molecular flexibility index (Phi) is 6.55. The first-order valence-electron chi connectivity index (χ1n) is 12.1. The van der Waals surface area contributed by atoms with E-state index in [1.54, 1.807) is 7.11 Å². The lowest BCUT2D eigenvalue weighted by molar-refractivity contribution is -0.127. The smallest absolute Gasteiger partial charge is 0.322 e. The molecule has 0 saturated carbocycles. The number of likely N-dealkylation sites (tertiary alicyclic amines) is 1. The topological polar surface area (TPSA) is 99.3 Å². The number of benzene rings is 2. The van der Waals surface area contributed by atoms with Gasteiger partial charge < -0.3 is 10.1 Å². The van der Waals surface area contributed by atoms with Gasteiger partial charge in [0.25, 0.3) is 5.91 Å². The van der Waals surface area contributed by atoms with Gasteiger partial charge in [-0.1, -0.05) is 30.3 Å². The molecule has 0 aliphatic carbocycles. The fourth-order valence-corrected chi connectivity index (χ4v) is 5.42. The van der Waals surface area contributed by atoms with E-state index >= 15 is 0 Å². The summed E-state index contributed by atoms with van der Waals surface area (Å²) in [4.78, 5) is 27.5. The number of nitrogens with one attached hydrogen (secondary N) is 3. The van der Waals surface area contributed by atoms with Crippen LogP contribution in [0.15, 0.2) is 60.8 Å². The van der Waals surface area contributed by atoms with Gasteiger partial charge in [-0.2, -0.15) is 5.10 Å². The number of carbonyl (C=O) groups excluding carboxylic acids is 2. The number of nitrogens with zero attached hydrogens (tertiary/aromatic N) is 2. The normalized spacial score (nSPS) is 21.1. The molecule has 3 amide bonds. The first kappa shape index (κ1) is 23.1. The third kappa shape index (κ3) is 4.79. The summed E-state index contributed by atoms with van der Waals surface area (Å²) in [5.41, 5.74) is 3.54. The van der Waals surface area contributed by atoms with Crippen LogP contribution >= 0.6 is 0 Å². The highest BCUT2D eigenvalue weighted by Crippen LogP contribution is 2.35. The molecule has 0 radical (unpaired) electrons. The Balaban J connectivity index is 1.25. The Bertz CT molecular complexity index is 1170. The molecule has 2 fully saturated rings. The van der Waals surface area contributed by atoms with E-state index in [4.69, 9.17) is 4.74 Å². The van der Waals surface area contributed by atoms with Gasteiger partial charge in [0.05, 0.1) is 19.0 Å². The average Bonchev–Trinajstić information content (AvgIpc) is 3.47. The third-order valence-corrected chi connectivity index (χ3v) is 7.39. The Morgan fingerprint density at radius 1 is 1.06 bits per heavy atom. The monoisotopic (exact) mass is 473 g/mol. The van der Waals surface area contributed by atoms with Gasteiger partial charge in [-0.05, 0) is 74.5 Å². The number of ether oxygens (including phenoxy) is 1. The number of methoxy groups -OCH3 is 1. The maximum absolute atomic E-state index is 13.0. The number of carbonyl (C=O) groups is 2. The van der Waals surface area contributed by atoms with Gasteiger partial charge in [-0.25, -0.2) is 4.79 Å². The molecule has 2 saturated heterocycles. The van der Waals surface area contributed by atoms with Crippen LogP contribution in [-0.2, 0) is 17.8 Å². The number of aryl methyl sites for hydroxylation is 1. The molecule has 35 heavy (non-hydrogen) atoms. The molecule has 8 nitrogen and oxygen atoms in total. The fourth-order valence-electron chi connectivity index (χ4n) is 5.42. The van der Waals surface area contributed by atoms with Crippen molar-refractivity contribution in [1.29, 1.82) is 0 Å². The van der Waals surface area contributed by atoms with Crippen LogP contribution in [0.2, 0.25) is 0 Å². The Labute approximate surface area is 205 Å². The maximum Gasteiger partial charge on any atom is 0.322 e. The van der Waals surface area contributed by atoms with Crippen molar-refractivity contribution < 1.29 is 14.3 Å². The first-order chi connectivity index (χ1) is 17.1. The van der Waals surface area contributed by atoms with Gasteiger partial charge in [-0.15, -0.1) is 0 Å². The maximum atomic E-state index is 13.0. The molecule has 1 unspecified atom stereocenters. The molecular weight excluding hydrogens is 442 g/mol. The summed E-state index contributed by atoms with van der Waals surface area (Å²) in [6.45, 7) is 2.49. The van der Waals surface area contributed by atoms with Crippen molar-refractivity contribution in [3.8, 4) is 17.0 Å². The highest BCUT2D eigenvalue weighted by molar-refractivity contribution is 6.07. The lowest BCUT2D eigenvalue weighted by Crippen LogP contribution is -2.56. The molecule has 3 aromatic rings. The number of aromatic amines is 1. The average molecular weight is 474 g/mol. The number of imide groups is 1. The zero-order chi connectivity index (χ0) is 24.3. The van der Waals surface area contributed by atoms with E-state index in [2.05, 4.69) is 37.9 Å². The van der Waals surface area contributed by atoms with Crippen LogP contribution in [0.4, 0.5) is 4.79 Å². The van der Waals surface area contributed by atoms with Crippen molar-refractivity contribution >= 4 is 11.9 Å². The molecule has 3 N–H and O–H groups in total. The second-order valence-corrected chi connectivity index (χ2v) is 9.41. The van der Waals surface area contributed by atoms with Crippen LogP contribution < -0.4 is 15.4 Å². The van der Waals surface area contributed by atoms with Gasteiger partial charge in [-0.3, -0.25) is 20.1 Å². The van der Waals surface area contributed by atoms with Gasteiger partial charge in [0.1, 0.15) is 11.3 Å². The second-order valence-electron chi connectivity index (χ2n) is 9.41. The van der Waals surface area contributed by atoms with Crippen molar-refractivity contribution in [3.63, 3.8) is 0 Å². The van der Waals surface area contributed by atoms with Crippen molar-refractivity contribution in [2.75, 3.05) is 20.2 Å². The molecule has 2 aliphatic heterocycles. The summed E-state index contributed by atoms with van der Waals surface area (Å²) in [6.07, 6.45) is 4.92. The number of aromatic nitrogens is 2. The van der Waals surface area contributed by atoms with Crippen LogP contribution in [0.1, 0.15) is 30.4 Å². The highest BCUT2D eigenvalue weighted by Gasteiger charge is 2.51. The molecule has 1 aromatic heterocycles. The summed E-state index contributed by atoms with van der Waals surface area (Å²) < 4.78 is 5.27. The fraction of sp³-hybridized carbons (Fsp3) is 0.370. The Morgan fingerprint density at radius 3 is 2.46 bits per heavy atom. The molecule has 2 aliphatic rings. The Hall–Kier alpha value is -3.65. The zero-order valence-corrected chi connectivity index (χ0v) is 19.9. The number of rotatable bonds is 8. The van der Waals surface area contributed by atoms with Crippen LogP contribution in [-0.4, -0.2) is 52.8 Å². The van der Waals surface area contributed by atoms with Gasteiger partial charge in [0.2, 0.25) is 0 Å². The first-order valence-corrected chi connectivity index (χ1v) is 12.1. The number of H-pyrrole nitrogens is 1. The molecular formula is C27H31N5O3. The van der Waals surface area contributed by atoms with E-state index in [-0.39, 0.29) is 17.9 Å². The number of hydrogen-bond donors (Lipinski definition) is 3. The van der Waals surface area contributed by atoms with Gasteiger partial charge in [0.15, 0.2) is 0 Å². The lowest BCUT2D eigenvalue weighted by atomic mass is 9.74. The van der Waals surface area contributed by atoms with Gasteiger partial charge in [0, 0.05) is 17.7 Å². The predicted molar refractivity (Wildman–Crippen MR) is 133 cm³/mol. The summed E-state index contributed by atoms with van der Waals surface area (Å²) in [5.74, 6) is 0.731. The number of urea groups is 1. The minimum Gasteiger partial charge on any atom is -0.497 e. The largest absolute Gasteiger partial charge is 0.497 e. The molecule has 2 aromatic carbocycles. The standard InChI is InChI=1S/C27H31N5O3/c1-35-23-9-7-20(8-10-23)24-21(17-28-31-24)18-32-15-12-22(13-16-32)27(25(33)29-26(34)30-27)14-11-19-5-3-2-4-6-19/h2-10,17,22H,11-16,18H2,1H3,(H,28,31)(H2,29,30,33,34). The molecule has 1 atom stereocenters. The summed E-state index contributed by atoms with van der Waals surface area (Å²) in [7, 11) is 1.66. The summed E-state index contributed by atoms with van der Waals surface area (Å²) in [6, 6.07) is 17.7. The zero-order valence-electron chi connectivity index (χ0n) is 19.9. The van der Waals surface area contributed by atoms with E-state index < -0.39 is 5.54 Å². The minimum atomic E-state index is -0.844. The second kappa shape index (κ2) is 9.92. The van der Waals surface area contributed by atoms with Crippen LogP contribution in [0, 0.1) is 5.92 Å². The summed E-state index contributed by atoms with van der Waals surface area (Å²) in [5, 5.41) is 12.9. The van der Waals surface area contributed by atoms with E-state index in [9.17, 15) is 9.59 Å². The van der Waals surface area contributed by atoms with E-state index in [0.717, 1.165) is 61.5 Å². The molecule has 0 bridgehead atoms. The highest BCUT2D eigenvalue weighted by atomic mass is 16.5.